The van der Waals surface area contributed by atoms with Crippen LogP contribution < -0.4 is 5.32 Å². The van der Waals surface area contributed by atoms with Gasteiger partial charge in [-0.1, -0.05) is 43.7 Å². The van der Waals surface area contributed by atoms with E-state index in [4.69, 9.17) is 11.6 Å². The molecule has 3 fully saturated rings. The minimum Gasteiger partial charge on any atom is -0.391 e. The molecule has 2 aliphatic heterocycles. The molecule has 1 aliphatic carbocycles. The molecule has 2 N–H and O–H groups in total. The molecule has 1 aromatic heterocycles. The molecule has 0 unspecified atom stereocenters. The molecule has 2 saturated heterocycles. The lowest BCUT2D eigenvalue weighted by atomic mass is 9.85. The Labute approximate surface area is 244 Å². The third-order valence-electron chi connectivity index (χ3n) is 8.24. The number of rotatable bonds is 7. The highest BCUT2D eigenvalue weighted by atomic mass is 35.5. The average molecular weight is 589 g/mol. The maximum atomic E-state index is 14.4. The molecule has 2 aromatic rings. The van der Waals surface area contributed by atoms with Crippen molar-refractivity contribution in [2.75, 3.05) is 6.54 Å². The Bertz CT molecular complexity index is 1340. The van der Waals surface area contributed by atoms with Crippen LogP contribution in [0.4, 0.5) is 4.39 Å². The Morgan fingerprint density at radius 1 is 1.22 bits per heavy atom. The van der Waals surface area contributed by atoms with Gasteiger partial charge in [-0.25, -0.2) is 9.07 Å². The standard InChI is InChI=1S/C29H38ClFN6O4/c1-15(2)37-24(39)12-21(25(37)17-8-9-19(30)20(31)10-17)32-27(40)23-11-18(38)13-35(23)28(41)26(29(3,4)5)36-14-22(33-34-36)16-6-7-16/h8-10,14-16,18,21,23,25-26,38H,6-7,11-13H2,1-5H3,(H,32,40)/t18-,21+,23+,25-,26-/m1/s1. The summed E-state index contributed by atoms with van der Waals surface area (Å²) in [5.74, 6) is -1.21. The van der Waals surface area contributed by atoms with E-state index in [0.717, 1.165) is 18.5 Å². The van der Waals surface area contributed by atoms with Gasteiger partial charge in [-0.05, 0) is 49.8 Å². The summed E-state index contributed by atoms with van der Waals surface area (Å²) in [6, 6.07) is 1.21. The average Bonchev–Trinajstić information content (AvgIpc) is 3.33. The topological polar surface area (TPSA) is 121 Å². The molecule has 0 spiro atoms. The Kier molecular flexibility index (Phi) is 7.88. The smallest absolute Gasteiger partial charge is 0.248 e. The first-order valence-electron chi connectivity index (χ1n) is 14.2. The van der Waals surface area contributed by atoms with Crippen molar-refractivity contribution in [3.05, 3.63) is 46.5 Å². The van der Waals surface area contributed by atoms with Crippen LogP contribution in [0.15, 0.2) is 24.4 Å². The lowest BCUT2D eigenvalue weighted by Crippen LogP contribution is -2.52. The summed E-state index contributed by atoms with van der Waals surface area (Å²) in [4.78, 5) is 43.9. The van der Waals surface area contributed by atoms with Crippen molar-refractivity contribution in [1.29, 1.82) is 0 Å². The van der Waals surface area contributed by atoms with Crippen molar-refractivity contribution in [3.63, 3.8) is 0 Å². The predicted molar refractivity (Wildman–Crippen MR) is 149 cm³/mol. The number of hydrogen-bond donors (Lipinski definition) is 2. The number of nitrogens with zero attached hydrogens (tertiary/aromatic N) is 5. The van der Waals surface area contributed by atoms with Crippen LogP contribution in [0.5, 0.6) is 0 Å². The number of carbonyl (C=O) groups is 3. The van der Waals surface area contributed by atoms with E-state index in [2.05, 4.69) is 15.6 Å². The van der Waals surface area contributed by atoms with Crippen molar-refractivity contribution >= 4 is 29.3 Å². The van der Waals surface area contributed by atoms with Gasteiger partial charge in [0.05, 0.1) is 28.9 Å². The van der Waals surface area contributed by atoms with Crippen LogP contribution in [0.3, 0.4) is 0 Å². The van der Waals surface area contributed by atoms with Crippen molar-refractivity contribution in [2.45, 2.75) is 103 Å². The molecule has 1 saturated carbocycles. The normalized spacial score (nSPS) is 25.7. The molecule has 10 nitrogen and oxygen atoms in total. The molecular formula is C29H38ClFN6O4. The second-order valence-electron chi connectivity index (χ2n) is 12.9. The van der Waals surface area contributed by atoms with Crippen molar-refractivity contribution in [3.8, 4) is 0 Å². The van der Waals surface area contributed by atoms with Crippen molar-refractivity contribution in [1.82, 2.24) is 30.1 Å². The van der Waals surface area contributed by atoms with Crippen LogP contribution in [0.2, 0.25) is 5.02 Å². The van der Waals surface area contributed by atoms with E-state index >= 15 is 0 Å². The van der Waals surface area contributed by atoms with Crippen LogP contribution in [-0.2, 0) is 14.4 Å². The SMILES string of the molecule is CC(C)N1C(=O)C[C@H](NC(=O)[C@@H]2C[C@@H](O)CN2C(=O)[C@@H](n2cc(C3CC3)nn2)C(C)(C)C)[C@H]1c1ccc(Cl)c(F)c1. The highest BCUT2D eigenvalue weighted by Crippen LogP contribution is 2.41. The van der Waals surface area contributed by atoms with Gasteiger partial charge in [0, 0.05) is 37.5 Å². The molecule has 5 rings (SSSR count). The van der Waals surface area contributed by atoms with Gasteiger partial charge in [0.25, 0.3) is 0 Å². The lowest BCUT2D eigenvalue weighted by Gasteiger charge is -2.35. The zero-order valence-corrected chi connectivity index (χ0v) is 24.8. The Hall–Kier alpha value is -3.05. The number of β-amino-alcohol motifs (C(OH)–C–C–N with tert-alkyl or cyclic N) is 1. The number of halogens is 2. The zero-order valence-electron chi connectivity index (χ0n) is 24.1. The van der Waals surface area contributed by atoms with Gasteiger partial charge in [-0.3, -0.25) is 14.4 Å². The monoisotopic (exact) mass is 588 g/mol. The molecule has 1 aromatic carbocycles. The summed E-state index contributed by atoms with van der Waals surface area (Å²) >= 11 is 5.91. The van der Waals surface area contributed by atoms with Gasteiger partial charge in [0.1, 0.15) is 17.9 Å². The molecule has 0 bridgehead atoms. The quantitative estimate of drug-likeness (QED) is 0.512. The number of aromatic nitrogens is 3. The third-order valence-corrected chi connectivity index (χ3v) is 8.55. The summed E-state index contributed by atoms with van der Waals surface area (Å²) in [7, 11) is 0. The third kappa shape index (κ3) is 5.83. The lowest BCUT2D eigenvalue weighted by molar-refractivity contribution is -0.144. The van der Waals surface area contributed by atoms with E-state index in [0.29, 0.717) is 11.5 Å². The minimum atomic E-state index is -0.945. The number of nitrogens with one attached hydrogen (secondary N) is 1. The molecule has 3 aliphatic rings. The van der Waals surface area contributed by atoms with E-state index in [-0.39, 0.29) is 42.3 Å². The summed E-state index contributed by atoms with van der Waals surface area (Å²) in [6.07, 6.45) is 3.12. The molecule has 3 heterocycles. The predicted octanol–water partition coefficient (Wildman–Crippen LogP) is 3.36. The number of likely N-dealkylation sites (tertiary alicyclic amines) is 2. The van der Waals surface area contributed by atoms with Crippen LogP contribution in [0.25, 0.3) is 0 Å². The summed E-state index contributed by atoms with van der Waals surface area (Å²) < 4.78 is 16.0. The molecular weight excluding hydrogens is 551 g/mol. The van der Waals surface area contributed by atoms with Gasteiger partial charge < -0.3 is 20.2 Å². The summed E-state index contributed by atoms with van der Waals surface area (Å²) in [5, 5.41) is 22.1. The van der Waals surface area contributed by atoms with E-state index in [9.17, 15) is 23.9 Å². The van der Waals surface area contributed by atoms with E-state index in [1.165, 1.54) is 17.0 Å². The number of benzene rings is 1. The van der Waals surface area contributed by atoms with E-state index in [1.807, 2.05) is 40.8 Å². The van der Waals surface area contributed by atoms with Crippen LogP contribution in [0.1, 0.15) is 89.6 Å². The Balaban J connectivity index is 1.40. The molecule has 12 heteroatoms. The largest absolute Gasteiger partial charge is 0.391 e. The summed E-state index contributed by atoms with van der Waals surface area (Å²) in [6.45, 7) is 9.50. The van der Waals surface area contributed by atoms with Crippen LogP contribution >= 0.6 is 11.6 Å². The fourth-order valence-corrected chi connectivity index (χ4v) is 6.31. The maximum absolute atomic E-state index is 14.4. The van der Waals surface area contributed by atoms with Crippen molar-refractivity contribution < 1.29 is 23.9 Å². The molecule has 0 radical (unpaired) electrons. The van der Waals surface area contributed by atoms with E-state index in [1.54, 1.807) is 15.6 Å². The molecule has 41 heavy (non-hydrogen) atoms. The van der Waals surface area contributed by atoms with Gasteiger partial charge in [0.15, 0.2) is 0 Å². The number of hydrogen-bond acceptors (Lipinski definition) is 6. The van der Waals surface area contributed by atoms with Gasteiger partial charge >= 0.3 is 0 Å². The zero-order chi connectivity index (χ0) is 29.8. The van der Waals surface area contributed by atoms with Gasteiger partial charge in [0.2, 0.25) is 17.7 Å². The number of aliphatic hydroxyl groups is 1. The fraction of sp³-hybridized carbons (Fsp3) is 0.621. The number of aliphatic hydroxyl groups excluding tert-OH is 1. The Morgan fingerprint density at radius 3 is 2.54 bits per heavy atom. The summed E-state index contributed by atoms with van der Waals surface area (Å²) in [5.41, 5.74) is 0.814. The molecule has 222 valence electrons. The van der Waals surface area contributed by atoms with E-state index < -0.39 is 47.4 Å². The first-order valence-corrected chi connectivity index (χ1v) is 14.6. The second-order valence-corrected chi connectivity index (χ2v) is 13.3. The highest BCUT2D eigenvalue weighted by molar-refractivity contribution is 6.30. The first-order chi connectivity index (χ1) is 19.3. The van der Waals surface area contributed by atoms with Gasteiger partial charge in [-0.15, -0.1) is 5.10 Å². The second kappa shape index (κ2) is 11.0. The van der Waals surface area contributed by atoms with Crippen LogP contribution in [0, 0.1) is 11.2 Å². The van der Waals surface area contributed by atoms with Crippen molar-refractivity contribution in [2.24, 2.45) is 5.41 Å². The Morgan fingerprint density at radius 2 is 1.93 bits per heavy atom. The fourth-order valence-electron chi connectivity index (χ4n) is 6.19. The van der Waals surface area contributed by atoms with Crippen LogP contribution in [-0.4, -0.2) is 78.4 Å². The molecule has 5 atom stereocenters. The number of carbonyl (C=O) groups excluding carboxylic acids is 3. The number of amides is 3. The minimum absolute atomic E-state index is 0.00121. The highest BCUT2D eigenvalue weighted by Gasteiger charge is 2.48. The molecule has 3 amide bonds. The van der Waals surface area contributed by atoms with Gasteiger partial charge in [-0.2, -0.15) is 0 Å². The first kappa shape index (κ1) is 29.4. The maximum Gasteiger partial charge on any atom is 0.248 e.